The summed E-state index contributed by atoms with van der Waals surface area (Å²) in [7, 11) is 5.40. The largest absolute Gasteiger partial charge is 0.467 e. The number of aliphatic imine (C=N–C) groups is 1. The fourth-order valence-corrected chi connectivity index (χ4v) is 5.55. The second-order valence-electron chi connectivity index (χ2n) is 8.22. The molecule has 0 radical (unpaired) electrons. The summed E-state index contributed by atoms with van der Waals surface area (Å²) in [6, 6.07) is 4.99. The molecule has 2 amide bonds. The van der Waals surface area contributed by atoms with Gasteiger partial charge in [-0.15, -0.1) is 0 Å². The maximum Gasteiger partial charge on any atom is 0.357 e. The number of hydrogen-bond acceptors (Lipinski definition) is 9. The highest BCUT2D eigenvalue weighted by molar-refractivity contribution is 9.09. The van der Waals surface area contributed by atoms with E-state index in [0.29, 0.717) is 5.33 Å². The molecule has 1 saturated heterocycles. The van der Waals surface area contributed by atoms with Crippen molar-refractivity contribution in [1.29, 1.82) is 0 Å². The van der Waals surface area contributed by atoms with E-state index in [4.69, 9.17) is 14.2 Å². The van der Waals surface area contributed by atoms with Crippen molar-refractivity contribution in [2.24, 2.45) is 4.99 Å². The van der Waals surface area contributed by atoms with E-state index in [1.54, 1.807) is 7.05 Å². The molecular weight excluding hydrogens is 524 g/mol. The Kier molecular flexibility index (Phi) is 6.58. The number of esters is 3. The molecule has 1 N–H and O–H groups in total. The third-order valence-electron chi connectivity index (χ3n) is 6.67. The summed E-state index contributed by atoms with van der Waals surface area (Å²) in [4.78, 5) is 59.8. The molecule has 1 fully saturated rings. The Morgan fingerprint density at radius 3 is 2.43 bits per heavy atom. The first-order chi connectivity index (χ1) is 16.8. The van der Waals surface area contributed by atoms with Gasteiger partial charge in [0, 0.05) is 24.6 Å². The first kappa shape index (κ1) is 24.7. The van der Waals surface area contributed by atoms with Gasteiger partial charge >= 0.3 is 23.9 Å². The number of methoxy groups -OCH3 is 3. The standard InChI is InChI=1S/C23H25BrN4O7/c1-27-13-8-6-5-7-12(13)23-11-14(18(29)33-2)28(22(32)25-10-9-24)21(23)26-16(20(31)35-4)15(17(23)27)19(30)34-3/h5-8,14,17H,9-11H2,1-4H3,(H,25,32)/t14-,17-,23-/m0/s1. The quantitative estimate of drug-likeness (QED) is 0.329. The van der Waals surface area contributed by atoms with Crippen molar-refractivity contribution in [3.8, 4) is 0 Å². The van der Waals surface area contributed by atoms with E-state index in [9.17, 15) is 19.2 Å². The Morgan fingerprint density at radius 2 is 1.80 bits per heavy atom. The van der Waals surface area contributed by atoms with Crippen LogP contribution in [-0.4, -0.2) is 87.0 Å². The summed E-state index contributed by atoms with van der Waals surface area (Å²) in [5, 5.41) is 3.23. The summed E-state index contributed by atoms with van der Waals surface area (Å²) in [5.41, 5.74) is 0.133. The van der Waals surface area contributed by atoms with Crippen molar-refractivity contribution in [2.45, 2.75) is 23.9 Å². The second kappa shape index (κ2) is 9.33. The first-order valence-corrected chi connectivity index (χ1v) is 11.9. The number of benzene rings is 1. The fourth-order valence-electron chi connectivity index (χ4n) is 5.35. The molecule has 0 aromatic heterocycles. The summed E-state index contributed by atoms with van der Waals surface area (Å²) in [5.74, 6) is -2.10. The highest BCUT2D eigenvalue weighted by Gasteiger charge is 2.67. The number of likely N-dealkylation sites (tertiary alicyclic amines) is 1. The molecule has 3 aliphatic rings. The molecule has 12 heteroatoms. The van der Waals surface area contributed by atoms with Crippen LogP contribution >= 0.6 is 15.9 Å². The van der Waals surface area contributed by atoms with Crippen LogP contribution in [0.4, 0.5) is 10.5 Å². The smallest absolute Gasteiger partial charge is 0.357 e. The normalized spacial score (nSPS) is 24.2. The number of carbonyl (C=O) groups excluding carboxylic acids is 4. The van der Waals surface area contributed by atoms with Gasteiger partial charge in [0.1, 0.15) is 11.9 Å². The number of nitrogens with one attached hydrogen (secondary N) is 1. The van der Waals surface area contributed by atoms with Crippen LogP contribution in [0.3, 0.4) is 0 Å². The molecular formula is C23H25BrN4O7. The number of rotatable bonds is 5. The number of hydrogen-bond donors (Lipinski definition) is 1. The number of likely N-dealkylation sites (N-methyl/N-ethyl adjacent to an activating group) is 1. The molecule has 0 aliphatic carbocycles. The van der Waals surface area contributed by atoms with Crippen LogP contribution in [-0.2, 0) is 34.0 Å². The van der Waals surface area contributed by atoms with Crippen molar-refractivity contribution in [2.75, 3.05) is 45.2 Å². The topological polar surface area (TPSA) is 127 Å². The van der Waals surface area contributed by atoms with Crippen LogP contribution in [0.2, 0.25) is 0 Å². The van der Waals surface area contributed by atoms with E-state index < -0.39 is 41.4 Å². The van der Waals surface area contributed by atoms with E-state index in [1.807, 2.05) is 29.2 Å². The number of urea groups is 1. The number of fused-ring (bicyclic) bond motifs is 1. The maximum absolute atomic E-state index is 13.4. The molecule has 0 unspecified atom stereocenters. The van der Waals surface area contributed by atoms with E-state index >= 15 is 0 Å². The predicted octanol–water partition coefficient (Wildman–Crippen LogP) is 1.11. The molecule has 4 rings (SSSR count). The van der Waals surface area contributed by atoms with Gasteiger partial charge in [-0.1, -0.05) is 34.1 Å². The van der Waals surface area contributed by atoms with Crippen LogP contribution in [0.1, 0.15) is 12.0 Å². The number of para-hydroxylation sites is 1. The molecule has 1 aromatic carbocycles. The monoisotopic (exact) mass is 548 g/mol. The van der Waals surface area contributed by atoms with Crippen molar-refractivity contribution < 1.29 is 33.4 Å². The zero-order chi connectivity index (χ0) is 25.5. The minimum absolute atomic E-state index is 0.00636. The van der Waals surface area contributed by atoms with E-state index in [-0.39, 0.29) is 30.1 Å². The molecule has 0 saturated carbocycles. The molecule has 3 heterocycles. The number of amidine groups is 1. The van der Waals surface area contributed by atoms with Crippen LogP contribution < -0.4 is 10.2 Å². The van der Waals surface area contributed by atoms with Crippen LogP contribution in [0.5, 0.6) is 0 Å². The van der Waals surface area contributed by atoms with Gasteiger partial charge in [-0.3, -0.25) is 4.90 Å². The summed E-state index contributed by atoms with van der Waals surface area (Å²) < 4.78 is 15.0. The van der Waals surface area contributed by atoms with E-state index in [1.165, 1.54) is 26.2 Å². The Balaban J connectivity index is 2.05. The predicted molar refractivity (Wildman–Crippen MR) is 128 cm³/mol. The van der Waals surface area contributed by atoms with Crippen molar-refractivity contribution in [3.63, 3.8) is 0 Å². The molecule has 186 valence electrons. The molecule has 11 nitrogen and oxygen atoms in total. The second-order valence-corrected chi connectivity index (χ2v) is 9.01. The number of nitrogens with zero attached hydrogens (tertiary/aromatic N) is 3. The van der Waals surface area contributed by atoms with Gasteiger partial charge in [0.05, 0.1) is 38.4 Å². The lowest BCUT2D eigenvalue weighted by atomic mass is 9.69. The van der Waals surface area contributed by atoms with Gasteiger partial charge in [0.25, 0.3) is 0 Å². The van der Waals surface area contributed by atoms with E-state index in [0.717, 1.165) is 11.3 Å². The number of anilines is 1. The van der Waals surface area contributed by atoms with Gasteiger partial charge in [-0.05, 0) is 18.1 Å². The van der Waals surface area contributed by atoms with Gasteiger partial charge in [-0.25, -0.2) is 24.2 Å². The Morgan fingerprint density at radius 1 is 1.11 bits per heavy atom. The van der Waals surface area contributed by atoms with Gasteiger partial charge in [-0.2, -0.15) is 0 Å². The zero-order valence-electron chi connectivity index (χ0n) is 19.7. The number of carbonyl (C=O) groups is 4. The number of halogens is 1. The summed E-state index contributed by atoms with van der Waals surface area (Å²) in [6.45, 7) is 0.288. The highest BCUT2D eigenvalue weighted by atomic mass is 79.9. The number of alkyl halides is 1. The maximum atomic E-state index is 13.4. The lowest BCUT2D eigenvalue weighted by molar-refractivity contribution is -0.144. The highest BCUT2D eigenvalue weighted by Crippen LogP contribution is 2.57. The van der Waals surface area contributed by atoms with E-state index in [2.05, 4.69) is 26.2 Å². The summed E-state index contributed by atoms with van der Waals surface area (Å²) >= 11 is 3.27. The summed E-state index contributed by atoms with van der Waals surface area (Å²) in [6.07, 6.45) is 0.0845. The van der Waals surface area contributed by atoms with Gasteiger partial charge in [0.15, 0.2) is 5.70 Å². The minimum atomic E-state index is -1.11. The van der Waals surface area contributed by atoms with Crippen LogP contribution in [0.25, 0.3) is 0 Å². The van der Waals surface area contributed by atoms with Crippen molar-refractivity contribution in [1.82, 2.24) is 10.2 Å². The minimum Gasteiger partial charge on any atom is -0.467 e. The average Bonchev–Trinajstić information content (AvgIpc) is 3.36. The molecule has 3 aliphatic heterocycles. The fraction of sp³-hybridized carbons (Fsp3) is 0.435. The molecule has 1 aromatic rings. The molecule has 35 heavy (non-hydrogen) atoms. The van der Waals surface area contributed by atoms with Crippen LogP contribution in [0, 0.1) is 0 Å². The Hall–Kier alpha value is -3.41. The molecule has 0 bridgehead atoms. The number of amides is 2. The SMILES string of the molecule is COC(=O)C1=C(C(=O)OC)[C@@H]2N(C)c3ccccc3[C@@]23C[C@@H](C(=O)OC)N(C(=O)NCCBr)C3=N1. The first-order valence-electron chi connectivity index (χ1n) is 10.8. The molecule has 1 spiro atoms. The lowest BCUT2D eigenvalue weighted by Crippen LogP contribution is -2.56. The third-order valence-corrected chi connectivity index (χ3v) is 7.06. The van der Waals surface area contributed by atoms with Crippen LogP contribution in [0.15, 0.2) is 40.5 Å². The molecule has 3 atom stereocenters. The van der Waals surface area contributed by atoms with Gasteiger partial charge in [0.2, 0.25) is 0 Å². The Bertz CT molecular complexity index is 1170. The third kappa shape index (κ3) is 3.49. The average molecular weight is 549 g/mol. The zero-order valence-corrected chi connectivity index (χ0v) is 21.2. The number of ether oxygens (including phenoxy) is 3. The Labute approximate surface area is 210 Å². The lowest BCUT2D eigenvalue weighted by Gasteiger charge is -2.39. The van der Waals surface area contributed by atoms with Crippen molar-refractivity contribution >= 4 is 51.4 Å². The van der Waals surface area contributed by atoms with Gasteiger partial charge < -0.3 is 24.4 Å². The van der Waals surface area contributed by atoms with Crippen molar-refractivity contribution in [3.05, 3.63) is 41.1 Å².